The highest BCUT2D eigenvalue weighted by Gasteiger charge is 2.33. The van der Waals surface area contributed by atoms with Gasteiger partial charge in [0.15, 0.2) is 5.13 Å². The van der Waals surface area contributed by atoms with Gasteiger partial charge in [-0.05, 0) is 57.4 Å². The molecule has 4 rings (SSSR count). The van der Waals surface area contributed by atoms with E-state index in [2.05, 4.69) is 29.1 Å². The molecule has 34 heavy (non-hydrogen) atoms. The second-order valence-corrected chi connectivity index (χ2v) is 9.74. The molecule has 1 aromatic carbocycles. The van der Waals surface area contributed by atoms with Gasteiger partial charge in [0.25, 0.3) is 0 Å². The first-order valence-corrected chi connectivity index (χ1v) is 11.8. The second kappa shape index (κ2) is 9.38. The molecule has 0 bridgehead atoms. The summed E-state index contributed by atoms with van der Waals surface area (Å²) in [4.78, 5) is 40.5. The molecular weight excluding hydrogens is 452 g/mol. The van der Waals surface area contributed by atoms with Crippen LogP contribution in [0.2, 0.25) is 0 Å². The number of carbonyl (C=O) groups is 2. The topological polar surface area (TPSA) is 123 Å². The Bertz CT molecular complexity index is 1210. The van der Waals surface area contributed by atoms with Gasteiger partial charge in [-0.3, -0.25) is 10.1 Å². The van der Waals surface area contributed by atoms with E-state index in [0.29, 0.717) is 23.9 Å². The molecule has 10 heteroatoms. The molecule has 9 nitrogen and oxygen atoms in total. The second-order valence-electron chi connectivity index (χ2n) is 8.74. The number of aryl methyl sites for hydroxylation is 1. The molecule has 3 amide bonds. The predicted octanol–water partition coefficient (Wildman–Crippen LogP) is 3.72. The fraction of sp³-hybridized carbons (Fsp3) is 0.375. The number of rotatable bonds is 6. The van der Waals surface area contributed by atoms with Gasteiger partial charge < -0.3 is 15.4 Å². The van der Waals surface area contributed by atoms with Crippen molar-refractivity contribution in [1.82, 2.24) is 19.9 Å². The van der Waals surface area contributed by atoms with E-state index >= 15 is 0 Å². The van der Waals surface area contributed by atoms with Crippen molar-refractivity contribution < 1.29 is 14.3 Å². The summed E-state index contributed by atoms with van der Waals surface area (Å²) in [6.07, 6.45) is 3.07. The molecule has 2 aromatic heterocycles. The minimum Gasteiger partial charge on any atom is -0.497 e. The molecule has 0 radical (unpaired) electrons. The Morgan fingerprint density at radius 3 is 2.62 bits per heavy atom. The lowest BCUT2D eigenvalue weighted by Gasteiger charge is -2.24. The molecule has 1 atom stereocenters. The fourth-order valence-electron chi connectivity index (χ4n) is 4.08. The zero-order valence-corrected chi connectivity index (χ0v) is 20.5. The van der Waals surface area contributed by atoms with Gasteiger partial charge in [-0.15, -0.1) is 0 Å². The van der Waals surface area contributed by atoms with E-state index in [9.17, 15) is 9.59 Å². The van der Waals surface area contributed by atoms with E-state index in [-0.39, 0.29) is 6.03 Å². The van der Waals surface area contributed by atoms with E-state index in [4.69, 9.17) is 15.5 Å². The van der Waals surface area contributed by atoms with Crippen molar-refractivity contribution in [3.63, 3.8) is 0 Å². The standard InChI is InChI=1S/C24H28N6O3S/c1-14-19(34-22(27-14)29-23(32)30-13-5-6-18(30)20(25)31)17-11-12-26-21(28-17)24(2,3)15-7-9-16(33-4)10-8-15/h7-12,18H,5-6,13H2,1-4H3,(H2,25,31)(H,27,29,32)/t18-/m0/s1. The summed E-state index contributed by atoms with van der Waals surface area (Å²) in [7, 11) is 1.64. The van der Waals surface area contributed by atoms with Gasteiger partial charge in [0.1, 0.15) is 17.6 Å². The number of amides is 3. The first-order chi connectivity index (χ1) is 16.2. The van der Waals surface area contributed by atoms with Gasteiger partial charge in [0, 0.05) is 18.2 Å². The van der Waals surface area contributed by atoms with Crippen LogP contribution in [0.3, 0.4) is 0 Å². The van der Waals surface area contributed by atoms with Gasteiger partial charge in [-0.25, -0.2) is 19.7 Å². The van der Waals surface area contributed by atoms with Gasteiger partial charge >= 0.3 is 6.03 Å². The number of methoxy groups -OCH3 is 1. The smallest absolute Gasteiger partial charge is 0.324 e. The lowest BCUT2D eigenvalue weighted by Crippen LogP contribution is -2.45. The summed E-state index contributed by atoms with van der Waals surface area (Å²) in [5.41, 5.74) is 7.55. The van der Waals surface area contributed by atoms with Crippen LogP contribution in [-0.2, 0) is 10.2 Å². The molecule has 3 aromatic rings. The monoisotopic (exact) mass is 480 g/mol. The normalized spacial score (nSPS) is 15.9. The molecule has 3 N–H and O–H groups in total. The van der Waals surface area contributed by atoms with Gasteiger partial charge in [-0.2, -0.15) is 0 Å². The number of urea groups is 1. The summed E-state index contributed by atoms with van der Waals surface area (Å²) in [6, 6.07) is 8.76. The molecule has 178 valence electrons. The number of carbonyl (C=O) groups excluding carboxylic acids is 2. The fourth-order valence-corrected chi connectivity index (χ4v) is 5.01. The lowest BCUT2D eigenvalue weighted by atomic mass is 9.83. The predicted molar refractivity (Wildman–Crippen MR) is 131 cm³/mol. The van der Waals surface area contributed by atoms with Crippen molar-refractivity contribution >= 4 is 28.4 Å². The SMILES string of the molecule is COc1ccc(C(C)(C)c2nccc(-c3sc(NC(=O)N4CCC[C@H]4C(N)=O)nc3C)n2)cc1. The van der Waals surface area contributed by atoms with Crippen LogP contribution in [0.1, 0.15) is 43.8 Å². The maximum Gasteiger partial charge on any atom is 0.324 e. The summed E-state index contributed by atoms with van der Waals surface area (Å²) in [5.74, 6) is 0.978. The highest BCUT2D eigenvalue weighted by Crippen LogP contribution is 2.35. The maximum atomic E-state index is 12.7. The third-order valence-electron chi connectivity index (χ3n) is 6.11. The van der Waals surface area contributed by atoms with Crippen molar-refractivity contribution in [2.45, 2.75) is 45.1 Å². The van der Waals surface area contributed by atoms with Crippen LogP contribution >= 0.6 is 11.3 Å². The summed E-state index contributed by atoms with van der Waals surface area (Å²) in [6.45, 7) is 6.51. The van der Waals surface area contributed by atoms with Crippen LogP contribution in [-0.4, -0.2) is 51.5 Å². The highest BCUT2D eigenvalue weighted by molar-refractivity contribution is 7.19. The Balaban J connectivity index is 1.57. The average molecular weight is 481 g/mol. The Morgan fingerprint density at radius 2 is 1.94 bits per heavy atom. The lowest BCUT2D eigenvalue weighted by molar-refractivity contribution is -0.121. The number of likely N-dealkylation sites (tertiary alicyclic amines) is 1. The first kappa shape index (κ1) is 23.6. The van der Waals surface area contributed by atoms with E-state index in [1.807, 2.05) is 37.3 Å². The molecule has 0 aliphatic carbocycles. The van der Waals surface area contributed by atoms with Gasteiger partial charge in [-0.1, -0.05) is 23.5 Å². The Kier molecular flexibility index (Phi) is 6.52. The quantitative estimate of drug-likeness (QED) is 0.554. The zero-order valence-electron chi connectivity index (χ0n) is 19.7. The number of hydrogen-bond acceptors (Lipinski definition) is 7. The molecule has 3 heterocycles. The minimum absolute atomic E-state index is 0.370. The number of aromatic nitrogens is 3. The summed E-state index contributed by atoms with van der Waals surface area (Å²) >= 11 is 1.34. The van der Waals surface area contributed by atoms with E-state index in [1.54, 1.807) is 13.3 Å². The maximum absolute atomic E-state index is 12.7. The van der Waals surface area contributed by atoms with Crippen LogP contribution in [0.5, 0.6) is 5.75 Å². The number of thiazole rings is 1. The number of nitrogens with one attached hydrogen (secondary N) is 1. The largest absolute Gasteiger partial charge is 0.497 e. The van der Waals surface area contributed by atoms with Crippen LogP contribution in [0.4, 0.5) is 9.93 Å². The summed E-state index contributed by atoms with van der Waals surface area (Å²) in [5, 5.41) is 3.26. The Morgan fingerprint density at radius 1 is 1.21 bits per heavy atom. The van der Waals surface area contributed by atoms with E-state index in [1.165, 1.54) is 16.2 Å². The zero-order chi connectivity index (χ0) is 24.5. The van der Waals surface area contributed by atoms with Gasteiger partial charge in [0.2, 0.25) is 5.91 Å². The van der Waals surface area contributed by atoms with Crippen LogP contribution in [0.25, 0.3) is 10.6 Å². The molecule has 1 fully saturated rings. The van der Waals surface area contributed by atoms with Crippen molar-refractivity contribution in [2.24, 2.45) is 5.73 Å². The summed E-state index contributed by atoms with van der Waals surface area (Å²) < 4.78 is 5.26. The number of nitrogens with two attached hydrogens (primary N) is 1. The van der Waals surface area contributed by atoms with Crippen LogP contribution in [0.15, 0.2) is 36.5 Å². The molecule has 0 saturated carbocycles. The molecular formula is C24H28N6O3S. The molecule has 0 unspecified atom stereocenters. The average Bonchev–Trinajstić information content (AvgIpc) is 3.46. The number of ether oxygens (including phenoxy) is 1. The first-order valence-electron chi connectivity index (χ1n) is 11.0. The van der Waals surface area contributed by atoms with Crippen LogP contribution < -0.4 is 15.8 Å². The van der Waals surface area contributed by atoms with Crippen molar-refractivity contribution in [1.29, 1.82) is 0 Å². The van der Waals surface area contributed by atoms with Crippen molar-refractivity contribution in [3.8, 4) is 16.3 Å². The molecule has 1 aliphatic heterocycles. The van der Waals surface area contributed by atoms with Crippen LogP contribution in [0, 0.1) is 6.92 Å². The number of anilines is 1. The van der Waals surface area contributed by atoms with Gasteiger partial charge in [0.05, 0.1) is 23.4 Å². The Labute approximate surface area is 202 Å². The Hall–Kier alpha value is -3.53. The third kappa shape index (κ3) is 4.58. The van der Waals surface area contributed by atoms with Crippen molar-refractivity contribution in [3.05, 3.63) is 53.6 Å². The number of nitrogens with zero attached hydrogens (tertiary/aromatic N) is 4. The highest BCUT2D eigenvalue weighted by atomic mass is 32.1. The van der Waals surface area contributed by atoms with E-state index < -0.39 is 17.4 Å². The molecule has 0 spiro atoms. The molecule has 1 saturated heterocycles. The number of benzene rings is 1. The number of hydrogen-bond donors (Lipinski definition) is 2. The van der Waals surface area contributed by atoms with E-state index in [0.717, 1.165) is 34.0 Å². The number of primary amides is 1. The third-order valence-corrected chi connectivity index (χ3v) is 7.21. The molecule has 1 aliphatic rings. The minimum atomic E-state index is -0.579. The van der Waals surface area contributed by atoms with Crippen molar-refractivity contribution in [2.75, 3.05) is 19.0 Å².